The number of anilines is 2. The van der Waals surface area contributed by atoms with Crippen LogP contribution in [-0.4, -0.2) is 21.6 Å². The minimum absolute atomic E-state index is 0.229. The third kappa shape index (κ3) is 3.92. The molecule has 1 aromatic heterocycles. The molecule has 0 radical (unpaired) electrons. The average Bonchev–Trinajstić information content (AvgIpc) is 2.96. The largest absolute Gasteiger partial charge is 0.321 e. The highest BCUT2D eigenvalue weighted by Gasteiger charge is 2.15. The molecule has 0 spiro atoms. The van der Waals surface area contributed by atoms with E-state index in [0.29, 0.717) is 17.1 Å². The predicted octanol–water partition coefficient (Wildman–Crippen LogP) is 3.23. The van der Waals surface area contributed by atoms with Gasteiger partial charge in [0, 0.05) is 24.4 Å². The Kier molecular flexibility index (Phi) is 4.61. The molecule has 0 aliphatic carbocycles. The fourth-order valence-electron chi connectivity index (χ4n) is 2.39. The van der Waals surface area contributed by atoms with Crippen LogP contribution in [0.25, 0.3) is 0 Å². The standard InChI is InChI=1S/C19H18N4O2/c1-13-7-6-10-15(11-13)20-19(25)16-12-17(23(2)22-16)21-18(24)14-8-4-3-5-9-14/h3-12H,1-2H3,(H,20,25)(H,21,24). The van der Waals surface area contributed by atoms with Gasteiger partial charge in [-0.15, -0.1) is 0 Å². The van der Waals surface area contributed by atoms with Crippen LogP contribution >= 0.6 is 0 Å². The third-order valence-corrected chi connectivity index (χ3v) is 3.67. The van der Waals surface area contributed by atoms with Crippen LogP contribution in [0.3, 0.4) is 0 Å². The molecule has 0 atom stereocenters. The highest BCUT2D eigenvalue weighted by Crippen LogP contribution is 2.14. The summed E-state index contributed by atoms with van der Waals surface area (Å²) in [6.45, 7) is 1.95. The summed E-state index contributed by atoms with van der Waals surface area (Å²) in [6.07, 6.45) is 0. The molecule has 6 heteroatoms. The Labute approximate surface area is 145 Å². The predicted molar refractivity (Wildman–Crippen MR) is 96.7 cm³/mol. The number of carbonyl (C=O) groups is 2. The molecule has 1 heterocycles. The van der Waals surface area contributed by atoms with Gasteiger partial charge in [-0.25, -0.2) is 0 Å². The summed E-state index contributed by atoms with van der Waals surface area (Å²) in [5.41, 5.74) is 2.52. The molecule has 3 rings (SSSR count). The molecule has 0 saturated carbocycles. The SMILES string of the molecule is Cc1cccc(NC(=O)c2cc(NC(=O)c3ccccc3)n(C)n2)c1. The molecule has 6 nitrogen and oxygen atoms in total. The lowest BCUT2D eigenvalue weighted by molar-refractivity contribution is 0.101. The first kappa shape index (κ1) is 16.4. The lowest BCUT2D eigenvalue weighted by Crippen LogP contribution is -2.14. The summed E-state index contributed by atoms with van der Waals surface area (Å²) >= 11 is 0. The monoisotopic (exact) mass is 334 g/mol. The van der Waals surface area contributed by atoms with E-state index in [0.717, 1.165) is 5.56 Å². The van der Waals surface area contributed by atoms with E-state index in [1.165, 1.54) is 4.68 Å². The van der Waals surface area contributed by atoms with Gasteiger partial charge in [-0.1, -0.05) is 30.3 Å². The Hall–Kier alpha value is -3.41. The Morgan fingerprint density at radius 2 is 1.68 bits per heavy atom. The van der Waals surface area contributed by atoms with Crippen LogP contribution < -0.4 is 10.6 Å². The number of nitrogens with zero attached hydrogens (tertiary/aromatic N) is 2. The molecule has 2 N–H and O–H groups in total. The molecule has 0 aliphatic heterocycles. The van der Waals surface area contributed by atoms with Crippen LogP contribution in [0.15, 0.2) is 60.7 Å². The quantitative estimate of drug-likeness (QED) is 0.769. The summed E-state index contributed by atoms with van der Waals surface area (Å²) in [5.74, 6) is -0.140. The fraction of sp³-hybridized carbons (Fsp3) is 0.105. The normalized spacial score (nSPS) is 10.3. The average molecular weight is 334 g/mol. The van der Waals surface area contributed by atoms with Gasteiger partial charge in [0.05, 0.1) is 0 Å². The van der Waals surface area contributed by atoms with Gasteiger partial charge in [-0.05, 0) is 36.8 Å². The zero-order valence-electron chi connectivity index (χ0n) is 14.0. The van der Waals surface area contributed by atoms with E-state index in [-0.39, 0.29) is 17.5 Å². The highest BCUT2D eigenvalue weighted by molar-refractivity contribution is 6.06. The van der Waals surface area contributed by atoms with Crippen molar-refractivity contribution in [3.63, 3.8) is 0 Å². The lowest BCUT2D eigenvalue weighted by Gasteiger charge is -2.04. The van der Waals surface area contributed by atoms with Crippen molar-refractivity contribution in [2.45, 2.75) is 6.92 Å². The van der Waals surface area contributed by atoms with Crippen LogP contribution in [-0.2, 0) is 7.05 Å². The molecule has 0 saturated heterocycles. The van der Waals surface area contributed by atoms with Crippen molar-refractivity contribution >= 4 is 23.3 Å². The molecule has 0 unspecified atom stereocenters. The van der Waals surface area contributed by atoms with Gasteiger partial charge >= 0.3 is 0 Å². The molecule has 3 aromatic rings. The topological polar surface area (TPSA) is 76.0 Å². The van der Waals surface area contributed by atoms with Crippen molar-refractivity contribution < 1.29 is 9.59 Å². The second kappa shape index (κ2) is 7.00. The van der Waals surface area contributed by atoms with E-state index in [2.05, 4.69) is 15.7 Å². The maximum absolute atomic E-state index is 12.3. The van der Waals surface area contributed by atoms with E-state index >= 15 is 0 Å². The van der Waals surface area contributed by atoms with Crippen LogP contribution in [0.2, 0.25) is 0 Å². The molecule has 0 bridgehead atoms. The smallest absolute Gasteiger partial charge is 0.276 e. The number of amides is 2. The minimum atomic E-state index is -0.332. The minimum Gasteiger partial charge on any atom is -0.321 e. The van der Waals surface area contributed by atoms with Gasteiger partial charge in [0.15, 0.2) is 5.69 Å². The van der Waals surface area contributed by atoms with Gasteiger partial charge < -0.3 is 10.6 Å². The van der Waals surface area contributed by atoms with Gasteiger partial charge in [-0.2, -0.15) is 5.10 Å². The zero-order valence-corrected chi connectivity index (χ0v) is 14.0. The molecular formula is C19H18N4O2. The maximum atomic E-state index is 12.3. The highest BCUT2D eigenvalue weighted by atomic mass is 16.2. The number of aryl methyl sites for hydroxylation is 2. The number of benzene rings is 2. The van der Waals surface area contributed by atoms with Crippen LogP contribution in [0.1, 0.15) is 26.4 Å². The summed E-state index contributed by atoms with van der Waals surface area (Å²) in [6, 6.07) is 17.9. The van der Waals surface area contributed by atoms with Gasteiger partial charge in [0.2, 0.25) is 0 Å². The van der Waals surface area contributed by atoms with Crippen molar-refractivity contribution in [2.75, 3.05) is 10.6 Å². The number of carbonyl (C=O) groups excluding carboxylic acids is 2. The Bertz CT molecular complexity index is 916. The van der Waals surface area contributed by atoms with Gasteiger partial charge in [-0.3, -0.25) is 14.3 Å². The van der Waals surface area contributed by atoms with E-state index in [4.69, 9.17) is 0 Å². The Balaban J connectivity index is 1.73. The molecule has 0 fully saturated rings. The first-order valence-electron chi connectivity index (χ1n) is 7.81. The van der Waals surface area contributed by atoms with Crippen molar-refractivity contribution in [2.24, 2.45) is 7.05 Å². The number of hydrogen-bond acceptors (Lipinski definition) is 3. The lowest BCUT2D eigenvalue weighted by atomic mass is 10.2. The molecule has 25 heavy (non-hydrogen) atoms. The second-order valence-corrected chi connectivity index (χ2v) is 5.68. The summed E-state index contributed by atoms with van der Waals surface area (Å²) in [4.78, 5) is 24.6. The van der Waals surface area contributed by atoms with Crippen molar-refractivity contribution in [1.82, 2.24) is 9.78 Å². The second-order valence-electron chi connectivity index (χ2n) is 5.68. The van der Waals surface area contributed by atoms with E-state index in [1.807, 2.05) is 37.3 Å². The van der Waals surface area contributed by atoms with Gasteiger partial charge in [0.1, 0.15) is 5.82 Å². The van der Waals surface area contributed by atoms with Crippen molar-refractivity contribution in [1.29, 1.82) is 0 Å². The molecule has 0 aliphatic rings. The fourth-order valence-corrected chi connectivity index (χ4v) is 2.39. The number of aromatic nitrogens is 2. The number of rotatable bonds is 4. The number of nitrogens with one attached hydrogen (secondary N) is 2. The summed E-state index contributed by atoms with van der Waals surface area (Å²) < 4.78 is 1.46. The summed E-state index contributed by atoms with van der Waals surface area (Å²) in [5, 5.41) is 9.72. The maximum Gasteiger partial charge on any atom is 0.276 e. The van der Waals surface area contributed by atoms with E-state index in [9.17, 15) is 9.59 Å². The number of hydrogen-bond donors (Lipinski definition) is 2. The zero-order chi connectivity index (χ0) is 17.8. The van der Waals surface area contributed by atoms with E-state index in [1.54, 1.807) is 37.4 Å². The first-order chi connectivity index (χ1) is 12.0. The Morgan fingerprint density at radius 1 is 0.920 bits per heavy atom. The van der Waals surface area contributed by atoms with E-state index < -0.39 is 0 Å². The summed E-state index contributed by atoms with van der Waals surface area (Å²) in [7, 11) is 1.67. The molecule has 2 amide bonds. The van der Waals surface area contributed by atoms with Crippen molar-refractivity contribution in [3.8, 4) is 0 Å². The molecular weight excluding hydrogens is 316 g/mol. The molecule has 126 valence electrons. The van der Waals surface area contributed by atoms with Crippen molar-refractivity contribution in [3.05, 3.63) is 77.5 Å². The Morgan fingerprint density at radius 3 is 2.40 bits per heavy atom. The van der Waals surface area contributed by atoms with Gasteiger partial charge in [0.25, 0.3) is 11.8 Å². The van der Waals surface area contributed by atoms with Crippen LogP contribution in [0.5, 0.6) is 0 Å². The third-order valence-electron chi connectivity index (χ3n) is 3.67. The van der Waals surface area contributed by atoms with Crippen LogP contribution in [0.4, 0.5) is 11.5 Å². The van der Waals surface area contributed by atoms with Crippen LogP contribution in [0, 0.1) is 6.92 Å². The molecule has 2 aromatic carbocycles. The first-order valence-corrected chi connectivity index (χ1v) is 7.81.